The number of fused-ring (bicyclic) bond motifs is 2. The van der Waals surface area contributed by atoms with Gasteiger partial charge in [0.1, 0.15) is 0 Å². The highest BCUT2D eigenvalue weighted by Gasteiger charge is 2.38. The minimum absolute atomic E-state index is 0.875. The fraction of sp³-hybridized carbons (Fsp3) is 1.00. The summed E-state index contributed by atoms with van der Waals surface area (Å²) in [5.41, 5.74) is 0. The summed E-state index contributed by atoms with van der Waals surface area (Å²) in [7, 11) is 4.47. The molecule has 2 heterocycles. The molecule has 108 valence electrons. The van der Waals surface area contributed by atoms with Crippen molar-refractivity contribution in [2.75, 3.05) is 27.2 Å². The zero-order valence-electron chi connectivity index (χ0n) is 14.2. The molecular weight excluding hydrogens is 208 g/mol. The first kappa shape index (κ1) is 22.1. The standard InChI is InChI=1S/C7H14N2.4C2H6/c1-8-4-7-3-6(8)5-9(7)2;4*1-2/h6-7H,3-5H2,1-2H3;4*1-2H3/t6-,7-;;;;/m0..../s1. The summed E-state index contributed by atoms with van der Waals surface area (Å²) in [6.07, 6.45) is 1.41. The van der Waals surface area contributed by atoms with Crippen LogP contribution in [0.3, 0.4) is 0 Å². The fourth-order valence-electron chi connectivity index (χ4n) is 2.06. The molecule has 0 saturated carbocycles. The van der Waals surface area contributed by atoms with Gasteiger partial charge in [-0.15, -0.1) is 0 Å². The lowest BCUT2D eigenvalue weighted by Gasteiger charge is -2.28. The van der Waals surface area contributed by atoms with E-state index in [1.165, 1.54) is 19.5 Å². The van der Waals surface area contributed by atoms with Crippen LogP contribution in [0.25, 0.3) is 0 Å². The van der Waals surface area contributed by atoms with Crippen LogP contribution in [0.4, 0.5) is 0 Å². The lowest BCUT2D eigenvalue weighted by atomic mass is 10.2. The Kier molecular flexibility index (Phi) is 20.7. The Balaban J connectivity index is -0.000000212. The highest BCUT2D eigenvalue weighted by molar-refractivity contribution is 4.96. The van der Waals surface area contributed by atoms with Gasteiger partial charge >= 0.3 is 0 Å². The van der Waals surface area contributed by atoms with Crippen molar-refractivity contribution in [2.24, 2.45) is 0 Å². The topological polar surface area (TPSA) is 6.48 Å². The van der Waals surface area contributed by atoms with Crippen molar-refractivity contribution in [1.82, 2.24) is 9.80 Å². The summed E-state index contributed by atoms with van der Waals surface area (Å²) in [5, 5.41) is 0. The molecule has 2 heteroatoms. The summed E-state index contributed by atoms with van der Waals surface area (Å²) >= 11 is 0. The summed E-state index contributed by atoms with van der Waals surface area (Å²) < 4.78 is 0. The van der Waals surface area contributed by atoms with E-state index in [2.05, 4.69) is 23.9 Å². The third-order valence-corrected chi connectivity index (χ3v) is 2.79. The van der Waals surface area contributed by atoms with E-state index in [9.17, 15) is 0 Å². The highest BCUT2D eigenvalue weighted by atomic mass is 15.3. The van der Waals surface area contributed by atoms with E-state index in [0.29, 0.717) is 0 Å². The second kappa shape index (κ2) is 15.9. The van der Waals surface area contributed by atoms with Crippen molar-refractivity contribution in [3.05, 3.63) is 0 Å². The summed E-state index contributed by atoms with van der Waals surface area (Å²) in [5.74, 6) is 0. The van der Waals surface area contributed by atoms with E-state index >= 15 is 0 Å². The molecule has 2 nitrogen and oxygen atoms in total. The minimum Gasteiger partial charge on any atom is -0.301 e. The molecule has 0 unspecified atom stereocenters. The van der Waals surface area contributed by atoms with Crippen LogP contribution in [0.1, 0.15) is 61.8 Å². The number of likely N-dealkylation sites (tertiary alicyclic amines) is 2. The molecule has 2 atom stereocenters. The number of rotatable bonds is 0. The zero-order chi connectivity index (χ0) is 14.4. The van der Waals surface area contributed by atoms with Crippen LogP contribution in [-0.2, 0) is 0 Å². The van der Waals surface area contributed by atoms with Crippen LogP contribution in [-0.4, -0.2) is 49.1 Å². The molecule has 2 fully saturated rings. The number of piperazine rings is 1. The molecule has 0 radical (unpaired) electrons. The second-order valence-electron chi connectivity index (χ2n) is 3.42. The molecule has 0 aliphatic carbocycles. The van der Waals surface area contributed by atoms with E-state index < -0.39 is 0 Å². The lowest BCUT2D eigenvalue weighted by molar-refractivity contribution is 0.176. The molecular formula is C15H38N2. The van der Waals surface area contributed by atoms with Gasteiger partial charge in [0.25, 0.3) is 0 Å². The van der Waals surface area contributed by atoms with Crippen LogP contribution in [0.2, 0.25) is 0 Å². The van der Waals surface area contributed by atoms with E-state index in [4.69, 9.17) is 0 Å². The fourth-order valence-corrected chi connectivity index (χ4v) is 2.06. The highest BCUT2D eigenvalue weighted by Crippen LogP contribution is 2.27. The first-order valence-electron chi connectivity index (χ1n) is 7.68. The van der Waals surface area contributed by atoms with Crippen molar-refractivity contribution in [3.63, 3.8) is 0 Å². The van der Waals surface area contributed by atoms with Crippen LogP contribution in [0, 0.1) is 0 Å². The van der Waals surface area contributed by atoms with Crippen molar-refractivity contribution in [3.8, 4) is 0 Å². The maximum atomic E-state index is 2.48. The molecule has 0 N–H and O–H groups in total. The predicted octanol–water partition coefficient (Wildman–Crippen LogP) is 4.11. The van der Waals surface area contributed by atoms with Gasteiger partial charge in [-0.25, -0.2) is 0 Å². The minimum atomic E-state index is 0.875. The molecule has 2 saturated heterocycles. The number of nitrogens with zero attached hydrogens (tertiary/aromatic N) is 2. The monoisotopic (exact) mass is 246 g/mol. The Hall–Kier alpha value is -0.0800. The lowest BCUT2D eigenvalue weighted by Crippen LogP contribution is -2.42. The molecule has 0 aromatic heterocycles. The molecule has 0 aromatic carbocycles. The Morgan fingerprint density at radius 2 is 0.824 bits per heavy atom. The molecule has 0 amide bonds. The number of hydrogen-bond donors (Lipinski definition) is 0. The molecule has 2 aliphatic heterocycles. The van der Waals surface area contributed by atoms with Gasteiger partial charge < -0.3 is 9.80 Å². The van der Waals surface area contributed by atoms with Gasteiger partial charge in [0, 0.05) is 25.2 Å². The van der Waals surface area contributed by atoms with E-state index in [-0.39, 0.29) is 0 Å². The molecule has 2 rings (SSSR count). The molecule has 0 spiro atoms. The van der Waals surface area contributed by atoms with Crippen LogP contribution in [0.5, 0.6) is 0 Å². The summed E-state index contributed by atoms with van der Waals surface area (Å²) in [4.78, 5) is 4.95. The quantitative estimate of drug-likeness (QED) is 0.635. The first-order chi connectivity index (χ1) is 8.27. The Labute approximate surface area is 111 Å². The predicted molar refractivity (Wildman–Crippen MR) is 82.8 cm³/mol. The smallest absolute Gasteiger partial charge is 0.0236 e. The molecule has 17 heavy (non-hydrogen) atoms. The molecule has 2 bridgehead atoms. The van der Waals surface area contributed by atoms with E-state index in [1.807, 2.05) is 55.4 Å². The number of hydrogen-bond acceptors (Lipinski definition) is 2. The third-order valence-electron chi connectivity index (χ3n) is 2.79. The van der Waals surface area contributed by atoms with Crippen molar-refractivity contribution in [1.29, 1.82) is 0 Å². The SMILES string of the molecule is CC.CC.CC.CC.CN1C[C@@H]2C[C@H]1CN2C. The number of likely N-dealkylation sites (N-methyl/N-ethyl adjacent to an activating group) is 2. The van der Waals surface area contributed by atoms with Crippen LogP contribution in [0.15, 0.2) is 0 Å². The normalized spacial score (nSPS) is 25.1. The van der Waals surface area contributed by atoms with Gasteiger partial charge in [-0.1, -0.05) is 55.4 Å². The van der Waals surface area contributed by atoms with Crippen molar-refractivity contribution < 1.29 is 0 Å². The maximum Gasteiger partial charge on any atom is 0.0236 e. The summed E-state index contributed by atoms with van der Waals surface area (Å²) in [6, 6.07) is 1.75. The second-order valence-corrected chi connectivity index (χ2v) is 3.42. The van der Waals surface area contributed by atoms with Gasteiger partial charge in [0.15, 0.2) is 0 Å². The Bertz CT molecular complexity index is 108. The van der Waals surface area contributed by atoms with Gasteiger partial charge in [-0.05, 0) is 20.5 Å². The van der Waals surface area contributed by atoms with Gasteiger partial charge in [-0.3, -0.25) is 0 Å². The van der Waals surface area contributed by atoms with Crippen molar-refractivity contribution in [2.45, 2.75) is 73.9 Å². The van der Waals surface area contributed by atoms with Gasteiger partial charge in [0.2, 0.25) is 0 Å². The Morgan fingerprint density at radius 1 is 0.588 bits per heavy atom. The van der Waals surface area contributed by atoms with E-state index in [0.717, 1.165) is 12.1 Å². The van der Waals surface area contributed by atoms with Crippen LogP contribution >= 0.6 is 0 Å². The van der Waals surface area contributed by atoms with Crippen molar-refractivity contribution >= 4 is 0 Å². The van der Waals surface area contributed by atoms with E-state index in [1.54, 1.807) is 0 Å². The first-order valence-corrected chi connectivity index (χ1v) is 7.68. The maximum absolute atomic E-state index is 2.48. The average molecular weight is 246 g/mol. The largest absolute Gasteiger partial charge is 0.301 e. The molecule has 2 aliphatic rings. The third kappa shape index (κ3) is 7.77. The Morgan fingerprint density at radius 3 is 0.941 bits per heavy atom. The van der Waals surface area contributed by atoms with Gasteiger partial charge in [-0.2, -0.15) is 0 Å². The summed E-state index contributed by atoms with van der Waals surface area (Å²) in [6.45, 7) is 18.6. The molecule has 0 aromatic rings. The van der Waals surface area contributed by atoms with Crippen LogP contribution < -0.4 is 0 Å². The van der Waals surface area contributed by atoms with Gasteiger partial charge in [0.05, 0.1) is 0 Å². The average Bonchev–Trinajstić information content (AvgIpc) is 2.97. The zero-order valence-corrected chi connectivity index (χ0v) is 14.2.